The van der Waals surface area contributed by atoms with Gasteiger partial charge in [0, 0.05) is 15.5 Å². The predicted octanol–water partition coefficient (Wildman–Crippen LogP) is 2.19. The Kier molecular flexibility index (Phi) is 5.83. The van der Waals surface area contributed by atoms with Gasteiger partial charge in [-0.1, -0.05) is 15.9 Å². The highest BCUT2D eigenvalue weighted by Crippen LogP contribution is 2.32. The van der Waals surface area contributed by atoms with Gasteiger partial charge in [-0.2, -0.15) is 0 Å². The number of nitrogens with one attached hydrogen (secondary N) is 1. The number of aliphatic hydroxyl groups excluding tert-OH is 1. The Morgan fingerprint density at radius 1 is 1.39 bits per heavy atom. The first-order valence-electron chi connectivity index (χ1n) is 6.83. The number of esters is 1. The number of methoxy groups -OCH3 is 1. The van der Waals surface area contributed by atoms with Crippen LogP contribution in [0.2, 0.25) is 0 Å². The third-order valence-electron chi connectivity index (χ3n) is 3.46. The Labute approximate surface area is 150 Å². The molecule has 1 amide bonds. The molecule has 0 unspecified atom stereocenters. The zero-order chi connectivity index (χ0) is 17.1. The largest absolute Gasteiger partial charge is 0.466 e. The number of amides is 1. The zero-order valence-electron chi connectivity index (χ0n) is 12.7. The minimum atomic E-state index is -0.564. The van der Waals surface area contributed by atoms with E-state index < -0.39 is 5.97 Å². The number of nitrogens with zero attached hydrogens (tertiary/aromatic N) is 1. The fourth-order valence-corrected chi connectivity index (χ4v) is 3.33. The van der Waals surface area contributed by atoms with Crippen molar-refractivity contribution in [1.82, 2.24) is 4.90 Å². The van der Waals surface area contributed by atoms with E-state index in [0.29, 0.717) is 5.69 Å². The van der Waals surface area contributed by atoms with Gasteiger partial charge in [-0.15, -0.1) is 0 Å². The topological polar surface area (TPSA) is 78.9 Å². The molecule has 0 bridgehead atoms. The van der Waals surface area contributed by atoms with Crippen LogP contribution < -0.4 is 5.32 Å². The van der Waals surface area contributed by atoms with Gasteiger partial charge in [-0.05, 0) is 40.5 Å². The molecule has 2 N–H and O–H groups in total. The number of carbonyl (C=O) groups is 2. The van der Waals surface area contributed by atoms with E-state index in [0.717, 1.165) is 14.5 Å². The summed E-state index contributed by atoms with van der Waals surface area (Å²) < 4.78 is 6.43. The van der Waals surface area contributed by atoms with Crippen molar-refractivity contribution in [2.75, 3.05) is 32.1 Å². The average molecular weight is 448 g/mol. The van der Waals surface area contributed by atoms with Crippen LogP contribution in [0.3, 0.4) is 0 Å². The van der Waals surface area contributed by atoms with Gasteiger partial charge in [-0.25, -0.2) is 4.79 Å². The van der Waals surface area contributed by atoms with Gasteiger partial charge in [0.15, 0.2) is 0 Å². The quantitative estimate of drug-likeness (QED) is 0.676. The van der Waals surface area contributed by atoms with Gasteiger partial charge in [-0.3, -0.25) is 4.79 Å². The summed E-state index contributed by atoms with van der Waals surface area (Å²) in [6.45, 7) is 2.02. The minimum absolute atomic E-state index is 0.113. The summed E-state index contributed by atoms with van der Waals surface area (Å²) in [5.41, 5.74) is 2.07. The molecule has 1 heterocycles. The molecule has 1 aliphatic heterocycles. The van der Waals surface area contributed by atoms with Crippen LogP contribution in [0, 0.1) is 6.92 Å². The highest BCUT2D eigenvalue weighted by Gasteiger charge is 2.34. The van der Waals surface area contributed by atoms with Gasteiger partial charge in [0.2, 0.25) is 0 Å². The lowest BCUT2D eigenvalue weighted by Gasteiger charge is -2.15. The molecule has 0 fully saturated rings. The number of aliphatic hydroxyl groups is 1. The number of ether oxygens (including phenoxy) is 1. The Hall–Kier alpha value is -1.38. The average Bonchev–Trinajstić information content (AvgIpc) is 2.81. The maximum Gasteiger partial charge on any atom is 0.337 e. The fourth-order valence-electron chi connectivity index (χ4n) is 2.24. The van der Waals surface area contributed by atoms with Crippen LogP contribution in [0.15, 0.2) is 32.3 Å². The number of aryl methyl sites for hydroxylation is 1. The first kappa shape index (κ1) is 18.0. The first-order valence-corrected chi connectivity index (χ1v) is 8.42. The number of β-amino-alcohol motifs (C(OH)–C–C–N with tert-alkyl or cyclic N) is 1. The second-order valence-corrected chi connectivity index (χ2v) is 6.71. The summed E-state index contributed by atoms with van der Waals surface area (Å²) in [4.78, 5) is 25.8. The van der Waals surface area contributed by atoms with Crippen molar-refractivity contribution < 1.29 is 19.4 Å². The zero-order valence-corrected chi connectivity index (χ0v) is 15.8. The molecule has 2 rings (SSSR count). The lowest BCUT2D eigenvalue weighted by atomic mass is 10.2. The molecule has 0 radical (unpaired) electrons. The van der Waals surface area contributed by atoms with E-state index in [1.807, 2.05) is 19.1 Å². The molecule has 1 aromatic rings. The summed E-state index contributed by atoms with van der Waals surface area (Å²) in [6.07, 6.45) is 0. The lowest BCUT2D eigenvalue weighted by molar-refractivity contribution is -0.136. The van der Waals surface area contributed by atoms with Crippen molar-refractivity contribution in [2.24, 2.45) is 0 Å². The molecule has 0 spiro atoms. The molecule has 6 nitrogen and oxygen atoms in total. The Morgan fingerprint density at radius 2 is 2.09 bits per heavy atom. The second-order valence-electron chi connectivity index (χ2n) is 5.00. The van der Waals surface area contributed by atoms with Gasteiger partial charge in [0.05, 0.1) is 31.5 Å². The standard InChI is InChI=1S/C15H16Br2N2O4/c1-8-5-12(11(17)6-10(8)16)18-13-9(15(22)23-2)7-19(3-4-20)14(13)21/h5-6,18,20H,3-4,7H2,1-2H3. The molecule has 0 aliphatic carbocycles. The summed E-state index contributed by atoms with van der Waals surface area (Å²) in [6, 6.07) is 3.72. The molecule has 0 saturated carbocycles. The molecular weight excluding hydrogens is 432 g/mol. The first-order chi connectivity index (χ1) is 10.9. The van der Waals surface area contributed by atoms with Gasteiger partial charge >= 0.3 is 5.97 Å². The van der Waals surface area contributed by atoms with Crippen LogP contribution in [0.4, 0.5) is 5.69 Å². The van der Waals surface area contributed by atoms with E-state index in [4.69, 9.17) is 9.84 Å². The molecule has 124 valence electrons. The number of hydrogen-bond donors (Lipinski definition) is 2. The van der Waals surface area contributed by atoms with E-state index >= 15 is 0 Å². The molecule has 0 aromatic heterocycles. The number of benzene rings is 1. The molecule has 1 aliphatic rings. The third-order valence-corrected chi connectivity index (χ3v) is 4.97. The van der Waals surface area contributed by atoms with E-state index in [9.17, 15) is 9.59 Å². The Morgan fingerprint density at radius 3 is 2.70 bits per heavy atom. The maximum atomic E-state index is 12.5. The van der Waals surface area contributed by atoms with Crippen molar-refractivity contribution in [3.63, 3.8) is 0 Å². The highest BCUT2D eigenvalue weighted by molar-refractivity contribution is 9.11. The summed E-state index contributed by atoms with van der Waals surface area (Å²) in [5.74, 6) is -0.904. The molecule has 1 aromatic carbocycles. The number of anilines is 1. The van der Waals surface area contributed by atoms with Gasteiger partial charge < -0.3 is 20.1 Å². The number of rotatable bonds is 5. The molecule has 23 heavy (non-hydrogen) atoms. The van der Waals surface area contributed by atoms with Crippen LogP contribution in [0.25, 0.3) is 0 Å². The monoisotopic (exact) mass is 446 g/mol. The Bertz CT molecular complexity index is 688. The van der Waals surface area contributed by atoms with E-state index in [1.165, 1.54) is 12.0 Å². The van der Waals surface area contributed by atoms with Gasteiger partial charge in [0.1, 0.15) is 5.70 Å². The highest BCUT2D eigenvalue weighted by atomic mass is 79.9. The summed E-state index contributed by atoms with van der Waals surface area (Å²) >= 11 is 6.87. The Balaban J connectivity index is 2.39. The number of hydrogen-bond acceptors (Lipinski definition) is 5. The molecular formula is C15H16Br2N2O4. The maximum absolute atomic E-state index is 12.5. The van der Waals surface area contributed by atoms with Crippen molar-refractivity contribution in [1.29, 1.82) is 0 Å². The smallest absolute Gasteiger partial charge is 0.337 e. The molecule has 8 heteroatoms. The SMILES string of the molecule is COC(=O)C1=C(Nc2cc(C)c(Br)cc2Br)C(=O)N(CCO)C1. The van der Waals surface area contributed by atoms with Crippen molar-refractivity contribution in [2.45, 2.75) is 6.92 Å². The van der Waals surface area contributed by atoms with Crippen LogP contribution in [-0.2, 0) is 14.3 Å². The second kappa shape index (κ2) is 7.46. The van der Waals surface area contributed by atoms with E-state index in [2.05, 4.69) is 37.2 Å². The van der Waals surface area contributed by atoms with Crippen molar-refractivity contribution >= 4 is 49.4 Å². The lowest BCUT2D eigenvalue weighted by Crippen LogP contribution is -2.31. The summed E-state index contributed by atoms with van der Waals surface area (Å²) in [7, 11) is 1.27. The van der Waals surface area contributed by atoms with Crippen LogP contribution in [0.1, 0.15) is 5.56 Å². The normalized spacial score (nSPS) is 14.5. The molecule has 0 atom stereocenters. The number of halogens is 2. The van der Waals surface area contributed by atoms with Crippen molar-refractivity contribution in [3.05, 3.63) is 37.9 Å². The predicted molar refractivity (Wildman–Crippen MR) is 92.9 cm³/mol. The van der Waals surface area contributed by atoms with E-state index in [-0.39, 0.29) is 36.9 Å². The summed E-state index contributed by atoms with van der Waals surface area (Å²) in [5, 5.41) is 12.1. The van der Waals surface area contributed by atoms with Crippen LogP contribution in [0.5, 0.6) is 0 Å². The van der Waals surface area contributed by atoms with E-state index in [1.54, 1.807) is 0 Å². The van der Waals surface area contributed by atoms with Gasteiger partial charge in [0.25, 0.3) is 5.91 Å². The van der Waals surface area contributed by atoms with Crippen LogP contribution in [-0.4, -0.2) is 48.7 Å². The third kappa shape index (κ3) is 3.76. The molecule has 0 saturated heterocycles. The van der Waals surface area contributed by atoms with Crippen molar-refractivity contribution in [3.8, 4) is 0 Å². The fraction of sp³-hybridized carbons (Fsp3) is 0.333. The number of carbonyl (C=O) groups excluding carboxylic acids is 2. The van der Waals surface area contributed by atoms with Crippen LogP contribution >= 0.6 is 31.9 Å². The minimum Gasteiger partial charge on any atom is -0.466 e.